The molecule has 0 aromatic heterocycles. The van der Waals surface area contributed by atoms with Gasteiger partial charge in [-0.2, -0.15) is 0 Å². The molecule has 1 fully saturated rings. The third-order valence-electron chi connectivity index (χ3n) is 4.89. The van der Waals surface area contributed by atoms with Crippen molar-refractivity contribution < 1.29 is 14.3 Å². The van der Waals surface area contributed by atoms with Crippen molar-refractivity contribution in [1.29, 1.82) is 0 Å². The predicted octanol–water partition coefficient (Wildman–Crippen LogP) is 2.27. The maximum atomic E-state index is 13.1. The molecule has 5 heteroatoms. The number of piperidine rings is 1. The molecule has 0 spiro atoms. The largest absolute Gasteiger partial charge is 0.459 e. The molecule has 0 aliphatic carbocycles. The lowest BCUT2D eigenvalue weighted by molar-refractivity contribution is -0.162. The van der Waals surface area contributed by atoms with Crippen LogP contribution in [0, 0.1) is 0 Å². The molecule has 1 heterocycles. The standard InChI is InChI=1S/C21H26N2O3/c1-25-19-15-22-13-12-21(19,23-14-17-8-4-2-5-9-17)20(24)26-16-18-10-6-3-7-11-18/h2-11,19,22-23H,12-16H2,1H3/t19-,21-/m0/s1. The smallest absolute Gasteiger partial charge is 0.329 e. The van der Waals surface area contributed by atoms with Crippen LogP contribution in [0.1, 0.15) is 17.5 Å². The molecule has 0 unspecified atom stereocenters. The van der Waals surface area contributed by atoms with Crippen LogP contribution in [0.15, 0.2) is 60.7 Å². The highest BCUT2D eigenvalue weighted by molar-refractivity contribution is 5.82. The van der Waals surface area contributed by atoms with E-state index in [9.17, 15) is 4.79 Å². The highest BCUT2D eigenvalue weighted by Gasteiger charge is 2.48. The van der Waals surface area contributed by atoms with Gasteiger partial charge in [0.2, 0.25) is 0 Å². The predicted molar refractivity (Wildman–Crippen MR) is 101 cm³/mol. The van der Waals surface area contributed by atoms with Crippen molar-refractivity contribution in [2.45, 2.75) is 31.2 Å². The number of methoxy groups -OCH3 is 1. The van der Waals surface area contributed by atoms with E-state index >= 15 is 0 Å². The minimum absolute atomic E-state index is 0.259. The fraction of sp³-hybridized carbons (Fsp3) is 0.381. The molecule has 1 aliphatic rings. The second kappa shape index (κ2) is 8.94. The Morgan fingerprint density at radius 1 is 1.12 bits per heavy atom. The quantitative estimate of drug-likeness (QED) is 0.747. The third kappa shape index (κ3) is 4.30. The highest BCUT2D eigenvalue weighted by Crippen LogP contribution is 2.24. The van der Waals surface area contributed by atoms with Crippen LogP contribution in [-0.4, -0.2) is 37.8 Å². The topological polar surface area (TPSA) is 59.6 Å². The van der Waals surface area contributed by atoms with Gasteiger partial charge in [-0.1, -0.05) is 60.7 Å². The Morgan fingerprint density at radius 2 is 1.77 bits per heavy atom. The van der Waals surface area contributed by atoms with Gasteiger partial charge in [0, 0.05) is 20.2 Å². The average Bonchev–Trinajstić information content (AvgIpc) is 2.72. The summed E-state index contributed by atoms with van der Waals surface area (Å²) >= 11 is 0. The SMILES string of the molecule is CO[C@H]1CNCC[C@@]1(NCc1ccccc1)C(=O)OCc1ccccc1. The summed E-state index contributed by atoms with van der Waals surface area (Å²) in [4.78, 5) is 13.1. The van der Waals surface area contributed by atoms with E-state index in [2.05, 4.69) is 10.6 Å². The van der Waals surface area contributed by atoms with Gasteiger partial charge in [-0.15, -0.1) is 0 Å². The van der Waals surface area contributed by atoms with Gasteiger partial charge in [-0.3, -0.25) is 5.32 Å². The van der Waals surface area contributed by atoms with Crippen LogP contribution in [0.5, 0.6) is 0 Å². The summed E-state index contributed by atoms with van der Waals surface area (Å²) in [5.41, 5.74) is 1.24. The van der Waals surface area contributed by atoms with E-state index in [1.165, 1.54) is 0 Å². The number of carbonyl (C=O) groups excluding carboxylic acids is 1. The Balaban J connectivity index is 1.74. The van der Waals surface area contributed by atoms with Gasteiger partial charge in [0.1, 0.15) is 12.1 Å². The number of esters is 1. The van der Waals surface area contributed by atoms with E-state index in [0.717, 1.165) is 17.7 Å². The Kier molecular flexibility index (Phi) is 6.39. The first-order valence-electron chi connectivity index (χ1n) is 8.98. The Hall–Kier alpha value is -2.21. The fourth-order valence-corrected chi connectivity index (χ4v) is 3.35. The summed E-state index contributed by atoms with van der Waals surface area (Å²) in [6, 6.07) is 19.8. The van der Waals surface area contributed by atoms with Gasteiger partial charge in [-0.05, 0) is 24.1 Å². The van der Waals surface area contributed by atoms with Gasteiger partial charge in [0.15, 0.2) is 0 Å². The zero-order valence-corrected chi connectivity index (χ0v) is 15.1. The lowest BCUT2D eigenvalue weighted by Crippen LogP contribution is -2.67. The van der Waals surface area contributed by atoms with E-state index in [0.29, 0.717) is 19.5 Å². The fourth-order valence-electron chi connectivity index (χ4n) is 3.35. The van der Waals surface area contributed by atoms with Gasteiger partial charge >= 0.3 is 5.97 Å². The van der Waals surface area contributed by atoms with E-state index in [1.54, 1.807) is 7.11 Å². The van der Waals surface area contributed by atoms with E-state index in [-0.39, 0.29) is 18.7 Å². The number of hydrogen-bond acceptors (Lipinski definition) is 5. The summed E-state index contributed by atoms with van der Waals surface area (Å²) in [5.74, 6) is -0.259. The lowest BCUT2D eigenvalue weighted by atomic mass is 9.85. The molecule has 2 atom stereocenters. The van der Waals surface area contributed by atoms with Gasteiger partial charge in [0.25, 0.3) is 0 Å². The Morgan fingerprint density at radius 3 is 2.42 bits per heavy atom. The molecule has 1 aliphatic heterocycles. The van der Waals surface area contributed by atoms with Crippen LogP contribution in [0.2, 0.25) is 0 Å². The van der Waals surface area contributed by atoms with Crippen LogP contribution < -0.4 is 10.6 Å². The molecule has 1 saturated heterocycles. The minimum atomic E-state index is -0.857. The zero-order valence-electron chi connectivity index (χ0n) is 15.1. The number of ether oxygens (including phenoxy) is 2. The summed E-state index contributed by atoms with van der Waals surface area (Å²) in [6.07, 6.45) is 0.328. The van der Waals surface area contributed by atoms with Crippen molar-refractivity contribution in [3.8, 4) is 0 Å². The number of nitrogens with one attached hydrogen (secondary N) is 2. The summed E-state index contributed by atoms with van der Waals surface area (Å²) in [6.45, 7) is 2.19. The molecular weight excluding hydrogens is 328 g/mol. The maximum absolute atomic E-state index is 13.1. The Labute approximate surface area is 154 Å². The molecular formula is C21H26N2O3. The van der Waals surface area contributed by atoms with Crippen LogP contribution in [0.3, 0.4) is 0 Å². The number of carbonyl (C=O) groups is 1. The van der Waals surface area contributed by atoms with Crippen LogP contribution in [0.25, 0.3) is 0 Å². The van der Waals surface area contributed by atoms with E-state index in [4.69, 9.17) is 9.47 Å². The molecule has 5 nitrogen and oxygen atoms in total. The van der Waals surface area contributed by atoms with Crippen LogP contribution in [-0.2, 0) is 27.4 Å². The van der Waals surface area contributed by atoms with Crippen LogP contribution >= 0.6 is 0 Å². The molecule has 3 rings (SSSR count). The molecule has 138 valence electrons. The van der Waals surface area contributed by atoms with Crippen molar-refractivity contribution >= 4 is 5.97 Å². The van der Waals surface area contributed by atoms with Crippen molar-refractivity contribution in [2.24, 2.45) is 0 Å². The van der Waals surface area contributed by atoms with Crippen LogP contribution in [0.4, 0.5) is 0 Å². The van der Waals surface area contributed by atoms with Gasteiger partial charge < -0.3 is 14.8 Å². The molecule has 2 aromatic carbocycles. The first kappa shape index (κ1) is 18.6. The second-order valence-electron chi connectivity index (χ2n) is 6.55. The number of hydrogen-bond donors (Lipinski definition) is 2. The third-order valence-corrected chi connectivity index (χ3v) is 4.89. The van der Waals surface area contributed by atoms with E-state index < -0.39 is 5.54 Å². The summed E-state index contributed by atoms with van der Waals surface area (Å²) in [7, 11) is 1.64. The first-order valence-corrected chi connectivity index (χ1v) is 8.98. The summed E-state index contributed by atoms with van der Waals surface area (Å²) < 4.78 is 11.3. The highest BCUT2D eigenvalue weighted by atomic mass is 16.5. The summed E-state index contributed by atoms with van der Waals surface area (Å²) in [5, 5.41) is 6.74. The molecule has 2 aromatic rings. The monoisotopic (exact) mass is 354 g/mol. The van der Waals surface area contributed by atoms with Crippen molar-refractivity contribution in [3.05, 3.63) is 71.8 Å². The van der Waals surface area contributed by atoms with Crippen molar-refractivity contribution in [2.75, 3.05) is 20.2 Å². The zero-order chi connectivity index (χ0) is 18.2. The average molecular weight is 354 g/mol. The van der Waals surface area contributed by atoms with Gasteiger partial charge in [-0.25, -0.2) is 4.79 Å². The first-order chi connectivity index (χ1) is 12.7. The normalized spacial score (nSPS) is 22.7. The number of benzene rings is 2. The minimum Gasteiger partial charge on any atom is -0.459 e. The molecule has 0 amide bonds. The van der Waals surface area contributed by atoms with Crippen molar-refractivity contribution in [3.63, 3.8) is 0 Å². The Bertz CT molecular complexity index is 693. The molecule has 0 saturated carbocycles. The molecule has 2 N–H and O–H groups in total. The lowest BCUT2D eigenvalue weighted by Gasteiger charge is -2.42. The maximum Gasteiger partial charge on any atom is 0.329 e. The second-order valence-corrected chi connectivity index (χ2v) is 6.55. The molecule has 0 bridgehead atoms. The number of rotatable bonds is 7. The molecule has 0 radical (unpaired) electrons. The molecule has 26 heavy (non-hydrogen) atoms. The van der Waals surface area contributed by atoms with E-state index in [1.807, 2.05) is 60.7 Å². The van der Waals surface area contributed by atoms with Crippen molar-refractivity contribution in [1.82, 2.24) is 10.6 Å². The van der Waals surface area contributed by atoms with Gasteiger partial charge in [0.05, 0.1) is 6.10 Å².